The van der Waals surface area contributed by atoms with Crippen LogP contribution in [0.5, 0.6) is 0 Å². The van der Waals surface area contributed by atoms with E-state index in [9.17, 15) is 4.39 Å². The van der Waals surface area contributed by atoms with Crippen molar-refractivity contribution in [1.82, 2.24) is 4.90 Å². The summed E-state index contributed by atoms with van der Waals surface area (Å²) in [6, 6.07) is 5.21. The van der Waals surface area contributed by atoms with Crippen molar-refractivity contribution in [2.75, 3.05) is 40.5 Å². The molecule has 0 heterocycles. The fourth-order valence-electron chi connectivity index (χ4n) is 2.40. The number of halogens is 2. The van der Waals surface area contributed by atoms with Crippen molar-refractivity contribution in [3.8, 4) is 0 Å². The van der Waals surface area contributed by atoms with E-state index in [1.165, 1.54) is 6.07 Å². The first-order chi connectivity index (χ1) is 10.0. The second kappa shape index (κ2) is 9.48. The molecule has 0 radical (unpaired) electrons. The van der Waals surface area contributed by atoms with Crippen LogP contribution in [0.25, 0.3) is 0 Å². The number of ether oxygens (including phenoxy) is 2. The number of methoxy groups -OCH3 is 2. The van der Waals surface area contributed by atoms with Gasteiger partial charge in [-0.05, 0) is 40.5 Å². The quantitative estimate of drug-likeness (QED) is 0.733. The van der Waals surface area contributed by atoms with Gasteiger partial charge < -0.3 is 15.2 Å². The standard InChI is InChI=1S/C15H24BrFN2O2/c1-11(10-21-3)19(6-7-20-2)15(9-18)12-4-5-13(16)14(17)8-12/h4-5,8,11,15H,6-7,9-10,18H2,1-3H3. The highest BCUT2D eigenvalue weighted by Gasteiger charge is 2.24. The predicted molar refractivity (Wildman–Crippen MR) is 85.8 cm³/mol. The van der Waals surface area contributed by atoms with Gasteiger partial charge in [0.1, 0.15) is 5.82 Å². The molecule has 120 valence electrons. The minimum Gasteiger partial charge on any atom is -0.383 e. The molecule has 4 nitrogen and oxygen atoms in total. The Kier molecular flexibility index (Phi) is 8.36. The van der Waals surface area contributed by atoms with Crippen molar-refractivity contribution in [3.63, 3.8) is 0 Å². The van der Waals surface area contributed by atoms with Crippen molar-refractivity contribution in [2.45, 2.75) is 19.0 Å². The molecule has 2 atom stereocenters. The summed E-state index contributed by atoms with van der Waals surface area (Å²) in [7, 11) is 3.33. The minimum atomic E-state index is -0.281. The zero-order chi connectivity index (χ0) is 15.8. The zero-order valence-corrected chi connectivity index (χ0v) is 14.4. The van der Waals surface area contributed by atoms with Gasteiger partial charge in [0.25, 0.3) is 0 Å². The Bertz CT molecular complexity index is 434. The third-order valence-corrected chi connectivity index (χ3v) is 4.12. The van der Waals surface area contributed by atoms with Crippen LogP contribution in [0, 0.1) is 5.82 Å². The van der Waals surface area contributed by atoms with Gasteiger partial charge in [-0.15, -0.1) is 0 Å². The summed E-state index contributed by atoms with van der Waals surface area (Å²) in [5, 5.41) is 0. The molecule has 0 amide bonds. The molecule has 0 fully saturated rings. The monoisotopic (exact) mass is 362 g/mol. The number of nitrogens with two attached hydrogens (primary N) is 1. The molecule has 0 aromatic heterocycles. The lowest BCUT2D eigenvalue weighted by Crippen LogP contribution is -2.44. The number of benzene rings is 1. The van der Waals surface area contributed by atoms with E-state index in [1.54, 1.807) is 20.3 Å². The van der Waals surface area contributed by atoms with Gasteiger partial charge in [0, 0.05) is 39.4 Å². The average molecular weight is 363 g/mol. The summed E-state index contributed by atoms with van der Waals surface area (Å²) in [6.07, 6.45) is 0. The number of hydrogen-bond acceptors (Lipinski definition) is 4. The highest BCUT2D eigenvalue weighted by molar-refractivity contribution is 9.10. The van der Waals surface area contributed by atoms with Gasteiger partial charge in [-0.1, -0.05) is 6.07 Å². The summed E-state index contributed by atoms with van der Waals surface area (Å²) >= 11 is 3.17. The van der Waals surface area contributed by atoms with E-state index in [0.717, 1.165) is 5.56 Å². The first-order valence-electron chi connectivity index (χ1n) is 6.93. The minimum absolute atomic E-state index is 0.0760. The molecule has 6 heteroatoms. The number of hydrogen-bond donors (Lipinski definition) is 1. The van der Waals surface area contributed by atoms with E-state index >= 15 is 0 Å². The third-order valence-electron chi connectivity index (χ3n) is 3.48. The smallest absolute Gasteiger partial charge is 0.137 e. The highest BCUT2D eigenvalue weighted by Crippen LogP contribution is 2.25. The zero-order valence-electron chi connectivity index (χ0n) is 12.8. The largest absolute Gasteiger partial charge is 0.383 e. The lowest BCUT2D eigenvalue weighted by molar-refractivity contribution is 0.0486. The van der Waals surface area contributed by atoms with E-state index in [4.69, 9.17) is 15.2 Å². The third kappa shape index (κ3) is 5.30. The van der Waals surface area contributed by atoms with Crippen LogP contribution in [-0.4, -0.2) is 51.5 Å². The maximum Gasteiger partial charge on any atom is 0.137 e. The fourth-order valence-corrected chi connectivity index (χ4v) is 2.65. The summed E-state index contributed by atoms with van der Waals surface area (Å²) in [5.41, 5.74) is 6.80. The molecular formula is C15H24BrFN2O2. The molecule has 2 N–H and O–H groups in total. The van der Waals surface area contributed by atoms with Crippen molar-refractivity contribution < 1.29 is 13.9 Å². The predicted octanol–water partition coefficient (Wildman–Crippen LogP) is 2.57. The first-order valence-corrected chi connectivity index (χ1v) is 7.73. The van der Waals surface area contributed by atoms with Gasteiger partial charge in [-0.3, -0.25) is 4.90 Å². The fraction of sp³-hybridized carbons (Fsp3) is 0.600. The van der Waals surface area contributed by atoms with Gasteiger partial charge in [-0.25, -0.2) is 4.39 Å². The Morgan fingerprint density at radius 1 is 1.33 bits per heavy atom. The van der Waals surface area contributed by atoms with Gasteiger partial charge in [0.2, 0.25) is 0 Å². The second-order valence-corrected chi connectivity index (χ2v) is 5.81. The SMILES string of the molecule is COCCN(C(C)COC)C(CN)c1ccc(Br)c(F)c1. The van der Waals surface area contributed by atoms with Crippen LogP contribution < -0.4 is 5.73 Å². The molecule has 0 aliphatic carbocycles. The van der Waals surface area contributed by atoms with E-state index in [2.05, 4.69) is 27.8 Å². The van der Waals surface area contributed by atoms with E-state index in [0.29, 0.717) is 30.8 Å². The molecular weight excluding hydrogens is 339 g/mol. The summed E-state index contributed by atoms with van der Waals surface area (Å²) < 4.78 is 24.6. The van der Waals surface area contributed by atoms with Crippen molar-refractivity contribution in [3.05, 3.63) is 34.1 Å². The van der Waals surface area contributed by atoms with Crippen LogP contribution in [0.1, 0.15) is 18.5 Å². The van der Waals surface area contributed by atoms with Crippen LogP contribution >= 0.6 is 15.9 Å². The Hall–Kier alpha value is -0.530. The normalized spacial score (nSPS) is 14.4. The van der Waals surface area contributed by atoms with Crippen LogP contribution in [0.4, 0.5) is 4.39 Å². The highest BCUT2D eigenvalue weighted by atomic mass is 79.9. The molecule has 2 unspecified atom stereocenters. The molecule has 1 aromatic rings. The molecule has 0 aliphatic rings. The molecule has 0 aliphatic heterocycles. The van der Waals surface area contributed by atoms with Crippen molar-refractivity contribution in [1.29, 1.82) is 0 Å². The summed E-state index contributed by atoms with van der Waals surface area (Å²) in [6.45, 7) is 4.35. The van der Waals surface area contributed by atoms with E-state index in [-0.39, 0.29) is 17.9 Å². The van der Waals surface area contributed by atoms with Crippen LogP contribution in [-0.2, 0) is 9.47 Å². The molecule has 0 saturated heterocycles. The Balaban J connectivity index is 3.00. The van der Waals surface area contributed by atoms with Crippen molar-refractivity contribution >= 4 is 15.9 Å². The molecule has 0 bridgehead atoms. The van der Waals surface area contributed by atoms with Gasteiger partial charge in [0.15, 0.2) is 0 Å². The lowest BCUT2D eigenvalue weighted by Gasteiger charge is -2.36. The van der Waals surface area contributed by atoms with Crippen LogP contribution in [0.2, 0.25) is 0 Å². The Labute approximate surface area is 134 Å². The molecule has 0 spiro atoms. The van der Waals surface area contributed by atoms with E-state index < -0.39 is 0 Å². The number of nitrogens with zero attached hydrogens (tertiary/aromatic N) is 1. The topological polar surface area (TPSA) is 47.7 Å². The Morgan fingerprint density at radius 3 is 2.57 bits per heavy atom. The Morgan fingerprint density at radius 2 is 2.05 bits per heavy atom. The lowest BCUT2D eigenvalue weighted by atomic mass is 10.0. The first kappa shape index (κ1) is 18.5. The molecule has 0 saturated carbocycles. The average Bonchev–Trinajstić information content (AvgIpc) is 2.47. The molecule has 1 rings (SSSR count). The van der Waals surface area contributed by atoms with Crippen LogP contribution in [0.15, 0.2) is 22.7 Å². The molecule has 21 heavy (non-hydrogen) atoms. The molecule has 1 aromatic carbocycles. The van der Waals surface area contributed by atoms with Gasteiger partial charge in [0.05, 0.1) is 17.7 Å². The summed E-state index contributed by atoms with van der Waals surface area (Å²) in [5.74, 6) is -0.281. The van der Waals surface area contributed by atoms with Crippen LogP contribution in [0.3, 0.4) is 0 Å². The van der Waals surface area contributed by atoms with E-state index in [1.807, 2.05) is 6.07 Å². The van der Waals surface area contributed by atoms with Gasteiger partial charge in [-0.2, -0.15) is 0 Å². The second-order valence-electron chi connectivity index (χ2n) is 4.96. The maximum absolute atomic E-state index is 13.8. The van der Waals surface area contributed by atoms with Gasteiger partial charge >= 0.3 is 0 Å². The van der Waals surface area contributed by atoms with Crippen molar-refractivity contribution in [2.24, 2.45) is 5.73 Å². The number of rotatable bonds is 9. The summed E-state index contributed by atoms with van der Waals surface area (Å²) in [4.78, 5) is 2.19. The maximum atomic E-state index is 13.8.